The predicted molar refractivity (Wildman–Crippen MR) is 130 cm³/mol. The third-order valence-electron chi connectivity index (χ3n) is 4.80. The SMILES string of the molecule is CO[C@H](C(=O)N/N=C\c1ccccc1OC(=O)c1sc2ccccc2c1Cl)c1ccccc1. The van der Waals surface area contributed by atoms with Gasteiger partial charge in [0.15, 0.2) is 6.10 Å². The molecule has 0 fully saturated rings. The lowest BCUT2D eigenvalue weighted by atomic mass is 10.1. The summed E-state index contributed by atoms with van der Waals surface area (Å²) in [5.74, 6) is -0.693. The number of hydrogen-bond acceptors (Lipinski definition) is 6. The van der Waals surface area contributed by atoms with E-state index in [2.05, 4.69) is 10.5 Å². The first-order valence-electron chi connectivity index (χ1n) is 9.97. The number of carbonyl (C=O) groups excluding carboxylic acids is 2. The number of methoxy groups -OCH3 is 1. The van der Waals surface area contributed by atoms with Gasteiger partial charge in [-0.05, 0) is 23.8 Å². The Morgan fingerprint density at radius 1 is 1.00 bits per heavy atom. The van der Waals surface area contributed by atoms with Crippen molar-refractivity contribution in [2.45, 2.75) is 6.10 Å². The molecular weight excluding hydrogens is 460 g/mol. The summed E-state index contributed by atoms with van der Waals surface area (Å²) in [4.78, 5) is 25.6. The number of para-hydroxylation sites is 1. The Labute approximate surface area is 199 Å². The van der Waals surface area contributed by atoms with Gasteiger partial charge in [0, 0.05) is 22.8 Å². The summed E-state index contributed by atoms with van der Waals surface area (Å²) in [7, 11) is 1.45. The topological polar surface area (TPSA) is 77.0 Å². The first kappa shape index (κ1) is 22.7. The normalized spacial score (nSPS) is 12.1. The second kappa shape index (κ2) is 10.4. The highest BCUT2D eigenvalue weighted by Crippen LogP contribution is 2.36. The van der Waals surface area contributed by atoms with Crippen LogP contribution in [0.25, 0.3) is 10.1 Å². The van der Waals surface area contributed by atoms with E-state index in [1.165, 1.54) is 24.7 Å². The predicted octanol–water partition coefficient (Wildman–Crippen LogP) is 5.61. The van der Waals surface area contributed by atoms with E-state index in [-0.39, 0.29) is 0 Å². The van der Waals surface area contributed by atoms with Crippen LogP contribution < -0.4 is 10.2 Å². The van der Waals surface area contributed by atoms with Crippen molar-refractivity contribution in [3.05, 3.63) is 99.9 Å². The number of benzene rings is 3. The van der Waals surface area contributed by atoms with Gasteiger partial charge in [0.05, 0.1) is 11.2 Å². The zero-order chi connectivity index (χ0) is 23.2. The van der Waals surface area contributed by atoms with Crippen LogP contribution in [0.15, 0.2) is 84.0 Å². The van der Waals surface area contributed by atoms with Gasteiger partial charge in [-0.25, -0.2) is 10.2 Å². The highest BCUT2D eigenvalue weighted by molar-refractivity contribution is 7.21. The van der Waals surface area contributed by atoms with Crippen molar-refractivity contribution >= 4 is 51.1 Å². The minimum absolute atomic E-state index is 0.292. The zero-order valence-electron chi connectivity index (χ0n) is 17.5. The fourth-order valence-corrected chi connectivity index (χ4v) is 4.60. The van der Waals surface area contributed by atoms with Gasteiger partial charge in [-0.2, -0.15) is 5.10 Å². The summed E-state index contributed by atoms with van der Waals surface area (Å²) in [6, 6.07) is 23.5. The molecule has 166 valence electrons. The van der Waals surface area contributed by atoms with Crippen molar-refractivity contribution in [3.8, 4) is 5.75 Å². The van der Waals surface area contributed by atoms with Crippen molar-refractivity contribution < 1.29 is 19.1 Å². The van der Waals surface area contributed by atoms with E-state index in [1.807, 2.05) is 42.5 Å². The maximum Gasteiger partial charge on any atom is 0.355 e. The van der Waals surface area contributed by atoms with Gasteiger partial charge in [0.25, 0.3) is 5.91 Å². The van der Waals surface area contributed by atoms with Crippen LogP contribution in [0, 0.1) is 0 Å². The Balaban J connectivity index is 1.48. The van der Waals surface area contributed by atoms with E-state index >= 15 is 0 Å². The molecule has 8 heteroatoms. The molecule has 3 aromatic carbocycles. The number of amides is 1. The molecule has 0 aliphatic rings. The van der Waals surface area contributed by atoms with Gasteiger partial charge in [0.1, 0.15) is 10.6 Å². The number of ether oxygens (including phenoxy) is 2. The fourth-order valence-electron chi connectivity index (χ4n) is 3.22. The van der Waals surface area contributed by atoms with Crippen LogP contribution in [0.3, 0.4) is 0 Å². The van der Waals surface area contributed by atoms with Crippen LogP contribution in [-0.2, 0) is 9.53 Å². The molecule has 1 aromatic heterocycles. The quantitative estimate of drug-likeness (QED) is 0.162. The van der Waals surface area contributed by atoms with Crippen LogP contribution in [0.2, 0.25) is 5.02 Å². The smallest absolute Gasteiger partial charge is 0.355 e. The lowest BCUT2D eigenvalue weighted by Crippen LogP contribution is -2.26. The summed E-state index contributed by atoms with van der Waals surface area (Å²) in [6.07, 6.45) is 0.608. The second-order valence-electron chi connectivity index (χ2n) is 6.93. The van der Waals surface area contributed by atoms with Crippen molar-refractivity contribution in [3.63, 3.8) is 0 Å². The van der Waals surface area contributed by atoms with Gasteiger partial charge in [-0.3, -0.25) is 4.79 Å². The molecule has 0 saturated carbocycles. The first-order valence-corrected chi connectivity index (χ1v) is 11.2. The molecule has 0 aliphatic carbocycles. The van der Waals surface area contributed by atoms with Crippen molar-refractivity contribution in [2.75, 3.05) is 7.11 Å². The Morgan fingerprint density at radius 2 is 1.70 bits per heavy atom. The minimum atomic E-state index is -0.800. The molecule has 33 heavy (non-hydrogen) atoms. The Hall–Kier alpha value is -3.52. The molecule has 1 N–H and O–H groups in total. The van der Waals surface area contributed by atoms with Crippen molar-refractivity contribution in [1.29, 1.82) is 0 Å². The van der Waals surface area contributed by atoms with Crippen molar-refractivity contribution in [2.24, 2.45) is 5.10 Å². The molecule has 1 atom stereocenters. The maximum atomic E-state index is 12.8. The molecule has 0 aliphatic heterocycles. The molecular formula is C25H19ClN2O4S. The average molecular weight is 479 g/mol. The van der Waals surface area contributed by atoms with Gasteiger partial charge >= 0.3 is 5.97 Å². The summed E-state index contributed by atoms with van der Waals surface area (Å²) >= 11 is 7.67. The van der Waals surface area contributed by atoms with Crippen LogP contribution in [0.1, 0.15) is 26.9 Å². The summed E-state index contributed by atoms with van der Waals surface area (Å²) in [5.41, 5.74) is 3.69. The van der Waals surface area contributed by atoms with Gasteiger partial charge in [-0.1, -0.05) is 72.3 Å². The molecule has 1 amide bonds. The Morgan fingerprint density at radius 3 is 2.45 bits per heavy atom. The molecule has 4 aromatic rings. The fraction of sp³-hybridized carbons (Fsp3) is 0.0800. The van der Waals surface area contributed by atoms with E-state index in [4.69, 9.17) is 21.1 Å². The zero-order valence-corrected chi connectivity index (χ0v) is 19.1. The van der Waals surface area contributed by atoms with E-state index in [9.17, 15) is 9.59 Å². The number of fused-ring (bicyclic) bond motifs is 1. The summed E-state index contributed by atoms with van der Waals surface area (Å²) < 4.78 is 11.8. The molecule has 0 spiro atoms. The standard InChI is InChI=1S/C25H19ClN2O4S/c1-31-22(16-9-3-2-4-10-16)24(29)28-27-15-17-11-5-7-13-19(17)32-25(30)23-21(26)18-12-6-8-14-20(18)33-23/h2-15,22H,1H3,(H,28,29)/b27-15-/t22-/m0/s1. The van der Waals surface area contributed by atoms with E-state index in [1.54, 1.807) is 36.4 Å². The first-order chi connectivity index (χ1) is 16.1. The number of thiophene rings is 1. The third-order valence-corrected chi connectivity index (χ3v) is 6.45. The highest BCUT2D eigenvalue weighted by Gasteiger charge is 2.21. The van der Waals surface area contributed by atoms with Gasteiger partial charge < -0.3 is 9.47 Å². The van der Waals surface area contributed by atoms with Crippen molar-refractivity contribution in [1.82, 2.24) is 5.43 Å². The molecule has 0 radical (unpaired) electrons. The number of nitrogens with one attached hydrogen (secondary N) is 1. The van der Waals surface area contributed by atoms with Gasteiger partial charge in [0.2, 0.25) is 0 Å². The number of rotatable bonds is 7. The van der Waals surface area contributed by atoms with Crippen LogP contribution in [-0.4, -0.2) is 25.2 Å². The molecule has 0 saturated heterocycles. The third kappa shape index (κ3) is 5.12. The lowest BCUT2D eigenvalue weighted by molar-refractivity contribution is -0.131. The number of hydrazone groups is 1. The highest BCUT2D eigenvalue weighted by atomic mass is 35.5. The largest absolute Gasteiger partial charge is 0.422 e. The minimum Gasteiger partial charge on any atom is -0.422 e. The Bertz CT molecular complexity index is 1320. The van der Waals surface area contributed by atoms with Gasteiger partial charge in [-0.15, -0.1) is 11.3 Å². The van der Waals surface area contributed by atoms with E-state index in [0.717, 1.165) is 10.1 Å². The Kier molecular flexibility index (Phi) is 7.14. The van der Waals surface area contributed by atoms with E-state index < -0.39 is 18.0 Å². The number of carbonyl (C=O) groups is 2. The number of halogens is 1. The summed E-state index contributed by atoms with van der Waals surface area (Å²) in [5, 5.41) is 5.18. The lowest BCUT2D eigenvalue weighted by Gasteiger charge is -2.13. The summed E-state index contributed by atoms with van der Waals surface area (Å²) in [6.45, 7) is 0. The van der Waals surface area contributed by atoms with E-state index in [0.29, 0.717) is 26.8 Å². The van der Waals surface area contributed by atoms with Crippen LogP contribution in [0.5, 0.6) is 5.75 Å². The monoisotopic (exact) mass is 478 g/mol. The molecule has 4 rings (SSSR count). The molecule has 6 nitrogen and oxygen atoms in total. The molecule has 0 unspecified atom stereocenters. The van der Waals surface area contributed by atoms with Crippen LogP contribution >= 0.6 is 22.9 Å². The number of hydrogen-bond donors (Lipinski definition) is 1. The number of nitrogens with zero attached hydrogens (tertiary/aromatic N) is 1. The number of esters is 1. The molecule has 0 bridgehead atoms. The van der Waals surface area contributed by atoms with Crippen LogP contribution in [0.4, 0.5) is 0 Å². The second-order valence-corrected chi connectivity index (χ2v) is 8.36. The molecule has 1 heterocycles. The average Bonchev–Trinajstić information content (AvgIpc) is 3.18. The maximum absolute atomic E-state index is 12.8.